The molecule has 0 bridgehead atoms. The quantitative estimate of drug-likeness (QED) is 0.169. The lowest BCUT2D eigenvalue weighted by atomic mass is 10.0. The molecule has 1 fully saturated rings. The van der Waals surface area contributed by atoms with Gasteiger partial charge in [-0.25, -0.2) is 14.6 Å². The lowest BCUT2D eigenvalue weighted by molar-refractivity contribution is -0.193. The number of carboxylic acids is 2. The van der Waals surface area contributed by atoms with Gasteiger partial charge >= 0.3 is 24.3 Å². The van der Waals surface area contributed by atoms with Crippen LogP contribution in [0.25, 0.3) is 22.0 Å². The van der Waals surface area contributed by atoms with E-state index in [4.69, 9.17) is 36.4 Å². The zero-order chi connectivity index (χ0) is 34.2. The standard InChI is InChI=1S/C23H21ClN6O2.2C2HF3O2/c24-17-4-1-13(2-5-17)20(29-22(31)15-7-8-25-10-15)21-28-19-6-3-14(16-11-26-27-12-16)9-18(19)23(32)30-21;2*3-2(4,5)1(6)7/h1-6,9,11-12,15,20,25H,7-8,10H2,(H,26,27)(H,29,31)(H,28,30,32);2*(H,6,7). The van der Waals surface area contributed by atoms with Crippen molar-refractivity contribution in [2.75, 3.05) is 13.1 Å². The highest BCUT2D eigenvalue weighted by molar-refractivity contribution is 6.30. The number of aromatic amines is 2. The average molecular weight is 677 g/mol. The molecule has 246 valence electrons. The minimum Gasteiger partial charge on any atom is -0.475 e. The normalized spacial score (nSPS) is 15.2. The molecule has 2 aromatic heterocycles. The monoisotopic (exact) mass is 676 g/mol. The van der Waals surface area contributed by atoms with Gasteiger partial charge in [0.05, 0.1) is 23.0 Å². The van der Waals surface area contributed by atoms with Crippen LogP contribution in [0.3, 0.4) is 0 Å². The molecule has 0 saturated carbocycles. The van der Waals surface area contributed by atoms with Gasteiger partial charge in [0.25, 0.3) is 5.56 Å². The molecule has 3 heterocycles. The largest absolute Gasteiger partial charge is 0.490 e. The third-order valence-corrected chi connectivity index (χ3v) is 6.49. The Balaban J connectivity index is 0.000000345. The highest BCUT2D eigenvalue weighted by Crippen LogP contribution is 2.25. The second-order valence-corrected chi connectivity index (χ2v) is 9.90. The summed E-state index contributed by atoms with van der Waals surface area (Å²) in [5.41, 5.74) is 2.80. The number of aromatic nitrogens is 4. The Morgan fingerprint density at radius 1 is 0.957 bits per heavy atom. The molecular weight excluding hydrogens is 654 g/mol. The number of benzene rings is 2. The van der Waals surface area contributed by atoms with E-state index in [1.807, 2.05) is 18.2 Å². The van der Waals surface area contributed by atoms with Crippen molar-refractivity contribution in [3.63, 3.8) is 0 Å². The number of aliphatic carboxylic acids is 2. The van der Waals surface area contributed by atoms with Gasteiger partial charge in [-0.15, -0.1) is 0 Å². The molecule has 4 aromatic rings. The zero-order valence-corrected chi connectivity index (χ0v) is 23.8. The van der Waals surface area contributed by atoms with E-state index in [1.54, 1.807) is 36.7 Å². The van der Waals surface area contributed by atoms with Crippen LogP contribution in [0.5, 0.6) is 0 Å². The van der Waals surface area contributed by atoms with Gasteiger partial charge in [-0.2, -0.15) is 31.4 Å². The van der Waals surface area contributed by atoms with Gasteiger partial charge in [0, 0.05) is 23.3 Å². The van der Waals surface area contributed by atoms with Crippen molar-refractivity contribution >= 4 is 40.3 Å². The van der Waals surface area contributed by atoms with Crippen LogP contribution in [0.1, 0.15) is 23.9 Å². The Hall–Kier alpha value is -4.97. The van der Waals surface area contributed by atoms with Crippen molar-refractivity contribution < 1.29 is 50.9 Å². The van der Waals surface area contributed by atoms with E-state index in [1.165, 1.54) is 0 Å². The molecule has 5 rings (SSSR count). The van der Waals surface area contributed by atoms with Crippen molar-refractivity contribution in [2.45, 2.75) is 24.8 Å². The van der Waals surface area contributed by atoms with E-state index >= 15 is 0 Å². The fraction of sp³-hybridized carbons (Fsp3) is 0.259. The van der Waals surface area contributed by atoms with Crippen LogP contribution in [-0.4, -0.2) is 73.7 Å². The van der Waals surface area contributed by atoms with Crippen molar-refractivity contribution in [1.29, 1.82) is 0 Å². The Morgan fingerprint density at radius 3 is 2.07 bits per heavy atom. The highest BCUT2D eigenvalue weighted by atomic mass is 35.5. The number of nitrogens with zero attached hydrogens (tertiary/aromatic N) is 2. The zero-order valence-electron chi connectivity index (χ0n) is 23.0. The van der Waals surface area contributed by atoms with Gasteiger partial charge < -0.3 is 25.8 Å². The molecule has 0 spiro atoms. The molecule has 46 heavy (non-hydrogen) atoms. The number of nitrogens with one attached hydrogen (secondary N) is 4. The summed E-state index contributed by atoms with van der Waals surface area (Å²) in [6.07, 6.45) is -5.93. The number of hydrogen-bond acceptors (Lipinski definition) is 7. The van der Waals surface area contributed by atoms with E-state index < -0.39 is 30.3 Å². The summed E-state index contributed by atoms with van der Waals surface area (Å²) in [6, 6.07) is 12.0. The molecule has 2 atom stereocenters. The SMILES string of the molecule is O=C(NC(c1ccc(Cl)cc1)c1nc2ccc(-c3cn[nH]c3)cc2c(=O)[nH]1)C1CCNC1.O=C(O)C(F)(F)F.O=C(O)C(F)(F)F. The minimum atomic E-state index is -5.08. The van der Waals surface area contributed by atoms with E-state index in [2.05, 4.69) is 25.8 Å². The number of amides is 1. The van der Waals surface area contributed by atoms with E-state index in [0.29, 0.717) is 28.3 Å². The van der Waals surface area contributed by atoms with E-state index in [9.17, 15) is 35.9 Å². The molecule has 0 radical (unpaired) electrons. The van der Waals surface area contributed by atoms with Gasteiger partial charge in [0.15, 0.2) is 0 Å². The first-order valence-corrected chi connectivity index (χ1v) is 13.2. The maximum atomic E-state index is 13.0. The van der Waals surface area contributed by atoms with Crippen molar-refractivity contribution in [3.8, 4) is 11.1 Å². The summed E-state index contributed by atoms with van der Waals surface area (Å²) < 4.78 is 63.5. The Morgan fingerprint density at radius 2 is 1.57 bits per heavy atom. The molecule has 2 aromatic carbocycles. The fourth-order valence-electron chi connectivity index (χ4n) is 3.99. The number of alkyl halides is 6. The maximum Gasteiger partial charge on any atom is 0.490 e. The summed E-state index contributed by atoms with van der Waals surface area (Å²) in [5, 5.41) is 28.3. The first-order valence-electron chi connectivity index (χ1n) is 12.9. The molecular formula is C27H23ClF6N6O6. The second-order valence-electron chi connectivity index (χ2n) is 9.46. The Labute approximate surface area is 258 Å². The number of H-pyrrole nitrogens is 2. The summed E-state index contributed by atoms with van der Waals surface area (Å²) >= 11 is 6.06. The van der Waals surface area contributed by atoms with Gasteiger partial charge in [-0.3, -0.25) is 14.7 Å². The third-order valence-electron chi connectivity index (χ3n) is 6.23. The lowest BCUT2D eigenvalue weighted by Gasteiger charge is -2.21. The first-order chi connectivity index (χ1) is 21.5. The van der Waals surface area contributed by atoms with Crippen LogP contribution in [0.2, 0.25) is 5.02 Å². The number of hydrogen-bond donors (Lipinski definition) is 6. The molecule has 2 unspecified atom stereocenters. The average Bonchev–Trinajstić information content (AvgIpc) is 3.71. The molecule has 1 aliphatic rings. The lowest BCUT2D eigenvalue weighted by Crippen LogP contribution is -2.37. The molecule has 19 heteroatoms. The van der Waals surface area contributed by atoms with E-state index in [-0.39, 0.29) is 17.4 Å². The summed E-state index contributed by atoms with van der Waals surface area (Å²) in [5.74, 6) is -5.33. The molecule has 6 N–H and O–H groups in total. The number of carboxylic acid groups (broad SMARTS) is 2. The molecule has 1 saturated heterocycles. The van der Waals surface area contributed by atoms with Gasteiger partial charge in [-0.1, -0.05) is 29.8 Å². The third kappa shape index (κ3) is 9.77. The summed E-state index contributed by atoms with van der Waals surface area (Å²) in [7, 11) is 0. The van der Waals surface area contributed by atoms with Crippen LogP contribution in [0, 0.1) is 5.92 Å². The van der Waals surface area contributed by atoms with Crippen LogP contribution in [0.4, 0.5) is 26.3 Å². The Kier molecular flexibility index (Phi) is 11.5. The topological polar surface area (TPSA) is 190 Å². The molecule has 1 aliphatic heterocycles. The number of rotatable bonds is 5. The maximum absolute atomic E-state index is 13.0. The smallest absolute Gasteiger partial charge is 0.475 e. The predicted molar refractivity (Wildman–Crippen MR) is 150 cm³/mol. The molecule has 12 nitrogen and oxygen atoms in total. The highest BCUT2D eigenvalue weighted by Gasteiger charge is 2.39. The van der Waals surface area contributed by atoms with E-state index in [0.717, 1.165) is 29.7 Å². The summed E-state index contributed by atoms with van der Waals surface area (Å²) in [4.78, 5) is 51.2. The second kappa shape index (κ2) is 14.9. The van der Waals surface area contributed by atoms with Gasteiger partial charge in [-0.05, 0) is 48.4 Å². The van der Waals surface area contributed by atoms with Crippen LogP contribution in [-0.2, 0) is 14.4 Å². The van der Waals surface area contributed by atoms with Gasteiger partial charge in [0.2, 0.25) is 5.91 Å². The molecule has 0 aliphatic carbocycles. The first kappa shape index (κ1) is 35.5. The van der Waals surface area contributed by atoms with Crippen LogP contribution >= 0.6 is 11.6 Å². The number of fused-ring (bicyclic) bond motifs is 1. The molecule has 1 amide bonds. The Bertz CT molecular complexity index is 1700. The van der Waals surface area contributed by atoms with Gasteiger partial charge in [0.1, 0.15) is 11.9 Å². The number of carbonyl (C=O) groups excluding carboxylic acids is 1. The van der Waals surface area contributed by atoms with Crippen LogP contribution < -0.4 is 16.2 Å². The summed E-state index contributed by atoms with van der Waals surface area (Å²) in [6.45, 7) is 1.45. The predicted octanol–water partition coefficient (Wildman–Crippen LogP) is 4.05. The van der Waals surface area contributed by atoms with Crippen LogP contribution in [0.15, 0.2) is 59.7 Å². The minimum absolute atomic E-state index is 0.0759. The number of carbonyl (C=O) groups is 3. The van der Waals surface area contributed by atoms with Crippen molar-refractivity contribution in [3.05, 3.63) is 81.6 Å². The number of halogens is 7. The van der Waals surface area contributed by atoms with Crippen molar-refractivity contribution in [2.24, 2.45) is 5.92 Å². The fourth-order valence-corrected chi connectivity index (χ4v) is 4.11. The van der Waals surface area contributed by atoms with Crippen molar-refractivity contribution in [1.82, 2.24) is 30.8 Å².